The van der Waals surface area contributed by atoms with Gasteiger partial charge in [-0.25, -0.2) is 13.4 Å². The van der Waals surface area contributed by atoms with Crippen LogP contribution in [0.25, 0.3) is 11.2 Å². The van der Waals surface area contributed by atoms with Gasteiger partial charge in [-0.1, -0.05) is 4.98 Å². The molecule has 8 N–H and O–H groups in total. The number of anilines is 1. The molecule has 1 saturated heterocycles. The number of hydrogen-bond donors (Lipinski definition) is 7. The molecule has 0 aliphatic carbocycles. The Kier molecular flexibility index (Phi) is 5.99. The molecule has 1 aliphatic heterocycles. The minimum Gasteiger partial charge on any atom is -0.387 e. The minimum absolute atomic E-state index is 0.0728. The Labute approximate surface area is 166 Å². The minimum atomic E-state index is -5.11. The second kappa shape index (κ2) is 7.76. The predicted octanol–water partition coefficient (Wildman–Crippen LogP) is -2.91. The number of nitrogens with zero attached hydrogens (tertiary/aromatic N) is 3. The number of nitrogens with two attached hydrogens (primary N) is 1. The SMILES string of the molecule is Cn1c[n+]([C@@H]2O[C@H](COP(O)(=S)OP(=O)(O)O)[C@@H](O)[C@H]2O)c2nc(N)[nH]c(=O)c21. The van der Waals surface area contributed by atoms with E-state index in [0.717, 1.165) is 0 Å². The highest BCUT2D eigenvalue weighted by Crippen LogP contribution is 2.58. The first-order valence-electron chi connectivity index (χ1n) is 7.81. The number of aromatic amines is 1. The molecule has 0 spiro atoms. The molecular weight excluding hydrogens is 456 g/mol. The van der Waals surface area contributed by atoms with Crippen molar-refractivity contribution in [2.24, 2.45) is 7.05 Å². The van der Waals surface area contributed by atoms with E-state index in [0.29, 0.717) is 0 Å². The molecule has 5 atom stereocenters. The summed E-state index contributed by atoms with van der Waals surface area (Å²) in [4.78, 5) is 45.5. The van der Waals surface area contributed by atoms with Gasteiger partial charge in [-0.05, 0) is 11.8 Å². The van der Waals surface area contributed by atoms with Crippen molar-refractivity contribution >= 4 is 43.5 Å². The van der Waals surface area contributed by atoms with Crippen molar-refractivity contribution in [1.29, 1.82) is 0 Å². The van der Waals surface area contributed by atoms with Crippen molar-refractivity contribution in [3.8, 4) is 0 Å². The van der Waals surface area contributed by atoms with Crippen LogP contribution >= 0.6 is 14.5 Å². The molecule has 0 aromatic carbocycles. The number of aryl methyl sites for hydroxylation is 1. The van der Waals surface area contributed by atoms with Crippen LogP contribution in [-0.4, -0.2) is 64.3 Å². The average molecular weight is 474 g/mol. The summed E-state index contributed by atoms with van der Waals surface area (Å²) >= 11 is 4.47. The van der Waals surface area contributed by atoms with Crippen LogP contribution in [0.3, 0.4) is 0 Å². The number of imidazole rings is 1. The largest absolute Gasteiger partial charge is 0.476 e. The van der Waals surface area contributed by atoms with Gasteiger partial charge < -0.3 is 39.9 Å². The topological polar surface area (TPSA) is 226 Å². The molecule has 1 aliphatic rings. The van der Waals surface area contributed by atoms with Crippen LogP contribution in [0.15, 0.2) is 11.1 Å². The number of ether oxygens (including phenoxy) is 1. The highest BCUT2D eigenvalue weighted by Gasteiger charge is 2.47. The number of nitrogens with one attached hydrogen (secondary N) is 1. The summed E-state index contributed by atoms with van der Waals surface area (Å²) in [6, 6.07) is 0. The Hall–Kier alpha value is -1.29. The van der Waals surface area contributed by atoms with Gasteiger partial charge in [0.05, 0.1) is 13.7 Å². The Morgan fingerprint density at radius 2 is 2.07 bits per heavy atom. The van der Waals surface area contributed by atoms with Crippen LogP contribution in [0, 0.1) is 0 Å². The van der Waals surface area contributed by atoms with Crippen molar-refractivity contribution in [1.82, 2.24) is 14.5 Å². The number of aliphatic hydroxyl groups is 2. The number of phosphoric acid groups is 1. The lowest BCUT2D eigenvalue weighted by atomic mass is 10.1. The summed E-state index contributed by atoms with van der Waals surface area (Å²) < 4.78 is 27.8. The molecule has 1 fully saturated rings. The zero-order chi connectivity index (χ0) is 21.7. The van der Waals surface area contributed by atoms with E-state index in [-0.39, 0.29) is 17.1 Å². The van der Waals surface area contributed by atoms with Gasteiger partial charge in [0.15, 0.2) is 6.33 Å². The van der Waals surface area contributed by atoms with Gasteiger partial charge >= 0.3 is 20.2 Å². The van der Waals surface area contributed by atoms with Crippen LogP contribution in [-0.2, 0) is 37.0 Å². The number of H-pyrrole nitrogens is 1. The van der Waals surface area contributed by atoms with Gasteiger partial charge in [0, 0.05) is 0 Å². The van der Waals surface area contributed by atoms with E-state index in [1.54, 1.807) is 7.05 Å². The molecule has 15 nitrogen and oxygen atoms in total. The first-order chi connectivity index (χ1) is 13.3. The maximum atomic E-state index is 12.1. The van der Waals surface area contributed by atoms with Crippen LogP contribution in [0.5, 0.6) is 0 Å². The number of hydrogen-bond acceptors (Lipinski definition) is 10. The van der Waals surface area contributed by atoms with E-state index in [1.807, 2.05) is 0 Å². The number of aliphatic hydroxyl groups excluding tert-OH is 2. The van der Waals surface area contributed by atoms with Crippen LogP contribution < -0.4 is 15.9 Å². The monoisotopic (exact) mass is 474 g/mol. The molecule has 29 heavy (non-hydrogen) atoms. The van der Waals surface area contributed by atoms with Gasteiger partial charge in [-0.15, -0.1) is 0 Å². The molecule has 0 bridgehead atoms. The zero-order valence-corrected chi connectivity index (χ0v) is 17.2. The van der Waals surface area contributed by atoms with Gasteiger partial charge in [-0.3, -0.25) is 14.3 Å². The third-order valence-corrected chi connectivity index (χ3v) is 7.08. The lowest BCUT2D eigenvalue weighted by Gasteiger charge is -2.19. The zero-order valence-electron chi connectivity index (χ0n) is 14.6. The van der Waals surface area contributed by atoms with Crippen molar-refractivity contribution in [3.05, 3.63) is 16.7 Å². The van der Waals surface area contributed by atoms with Crippen LogP contribution in [0.2, 0.25) is 0 Å². The first kappa shape index (κ1) is 22.4. The maximum Gasteiger partial charge on any atom is 0.476 e. The highest BCUT2D eigenvalue weighted by molar-refractivity contribution is 8.08. The van der Waals surface area contributed by atoms with E-state index in [2.05, 4.69) is 26.1 Å². The van der Waals surface area contributed by atoms with Crippen LogP contribution in [0.4, 0.5) is 5.95 Å². The fourth-order valence-corrected chi connectivity index (χ4v) is 5.44. The van der Waals surface area contributed by atoms with Crippen molar-refractivity contribution in [2.75, 3.05) is 12.3 Å². The number of aromatic nitrogens is 4. The standard InChI is InChI=1S/C11H17N5O10P2S/c1-15-3-16(8-5(15)9(19)14-11(12)13-8)10-7(18)6(17)4(25-10)2-24-28(23,29)26-27(20,21)22/h3-4,6-7,10,17-18H,2H2,1H3,(H5-,12,13,14,19,20,21,22,23,29)/p+1/t4-,6-,7-,10-,28?/m1/s1. The van der Waals surface area contributed by atoms with E-state index < -0.39 is 51.2 Å². The Bertz CT molecular complexity index is 1080. The number of fused-ring (bicyclic) bond motifs is 1. The Morgan fingerprint density at radius 3 is 2.69 bits per heavy atom. The quantitative estimate of drug-likeness (QED) is 0.165. The third-order valence-electron chi connectivity index (χ3n) is 4.01. The number of nitrogen functional groups attached to an aromatic ring is 1. The Balaban J connectivity index is 1.84. The van der Waals surface area contributed by atoms with Gasteiger partial charge in [-0.2, -0.15) is 0 Å². The van der Waals surface area contributed by atoms with Crippen molar-refractivity contribution in [2.45, 2.75) is 24.5 Å². The van der Waals surface area contributed by atoms with Gasteiger partial charge in [0.25, 0.3) is 11.5 Å². The fourth-order valence-electron chi connectivity index (χ4n) is 2.88. The molecule has 2 aromatic rings. The van der Waals surface area contributed by atoms with Crippen molar-refractivity contribution in [3.63, 3.8) is 0 Å². The van der Waals surface area contributed by atoms with E-state index in [9.17, 15) is 24.5 Å². The molecule has 0 saturated carbocycles. The first-order valence-corrected chi connectivity index (χ1v) is 11.9. The smallest absolute Gasteiger partial charge is 0.387 e. The molecule has 3 heterocycles. The van der Waals surface area contributed by atoms with Crippen molar-refractivity contribution < 1.29 is 47.6 Å². The summed E-state index contributed by atoms with van der Waals surface area (Å²) in [5.41, 5.74) is 5.23. The maximum absolute atomic E-state index is 12.1. The fraction of sp³-hybridized carbons (Fsp3) is 0.545. The Morgan fingerprint density at radius 1 is 1.41 bits per heavy atom. The molecule has 18 heteroatoms. The predicted molar refractivity (Wildman–Crippen MR) is 97.5 cm³/mol. The normalized spacial score (nSPS) is 27.4. The highest BCUT2D eigenvalue weighted by atomic mass is 32.5. The summed E-state index contributed by atoms with van der Waals surface area (Å²) in [5, 5.41) is 20.6. The molecule has 3 rings (SSSR count). The molecule has 1 unspecified atom stereocenters. The van der Waals surface area contributed by atoms with Crippen LogP contribution in [0.1, 0.15) is 6.23 Å². The summed E-state index contributed by atoms with van der Waals surface area (Å²) in [6.07, 6.45) is -4.14. The average Bonchev–Trinajstić information content (AvgIpc) is 3.01. The summed E-state index contributed by atoms with van der Waals surface area (Å²) in [6.45, 7) is -4.99. The summed E-state index contributed by atoms with van der Waals surface area (Å²) in [7, 11) is -3.56. The second-order valence-electron chi connectivity index (χ2n) is 6.14. The van der Waals surface area contributed by atoms with E-state index >= 15 is 0 Å². The second-order valence-corrected chi connectivity index (χ2v) is 10.4. The molecule has 0 radical (unpaired) electrons. The lowest BCUT2D eigenvalue weighted by molar-refractivity contribution is -0.745. The molecular formula is C11H18N5O10P2S+. The van der Waals surface area contributed by atoms with E-state index in [1.165, 1.54) is 15.5 Å². The van der Waals surface area contributed by atoms with E-state index in [4.69, 9.17) is 24.8 Å². The molecule has 0 amide bonds. The number of rotatable bonds is 6. The molecule has 162 valence electrons. The third kappa shape index (κ3) is 4.73. The lowest BCUT2D eigenvalue weighted by Crippen LogP contribution is -2.46. The molecule has 2 aromatic heterocycles. The summed E-state index contributed by atoms with van der Waals surface area (Å²) in [5.74, 6) is -0.175. The van der Waals surface area contributed by atoms with Gasteiger partial charge in [0.1, 0.15) is 18.3 Å². The van der Waals surface area contributed by atoms with Gasteiger partial charge in [0.2, 0.25) is 11.7 Å².